The van der Waals surface area contributed by atoms with Crippen molar-refractivity contribution in [3.8, 4) is 11.3 Å². The van der Waals surface area contributed by atoms with Crippen LogP contribution in [0.3, 0.4) is 0 Å². The van der Waals surface area contributed by atoms with Gasteiger partial charge in [0.25, 0.3) is 0 Å². The number of rotatable bonds is 11. The lowest BCUT2D eigenvalue weighted by Gasteiger charge is -2.23. The van der Waals surface area contributed by atoms with E-state index >= 15 is 0 Å². The summed E-state index contributed by atoms with van der Waals surface area (Å²) in [5.74, 6) is 0.505. The molecule has 0 saturated heterocycles. The highest BCUT2D eigenvalue weighted by Gasteiger charge is 2.21. The topological polar surface area (TPSA) is 116 Å². The van der Waals surface area contributed by atoms with E-state index in [1.165, 1.54) is 16.5 Å². The molecule has 9 nitrogen and oxygen atoms in total. The van der Waals surface area contributed by atoms with Gasteiger partial charge < -0.3 is 36.3 Å². The highest BCUT2D eigenvalue weighted by Crippen LogP contribution is 2.38. The first kappa shape index (κ1) is 26.8. The lowest BCUT2D eigenvalue weighted by atomic mass is 9.99. The fraction of sp³-hybridized carbons (Fsp3) is 0.400. The van der Waals surface area contributed by atoms with Crippen LogP contribution in [0.5, 0.6) is 0 Å². The van der Waals surface area contributed by atoms with E-state index in [4.69, 9.17) is 10.7 Å². The number of anilines is 5. The second-order valence-corrected chi connectivity index (χ2v) is 10.5. The molecule has 1 atom stereocenters. The van der Waals surface area contributed by atoms with Gasteiger partial charge in [-0.25, -0.2) is 9.97 Å². The number of nitrogens with zero attached hydrogens (tertiary/aromatic N) is 4. The van der Waals surface area contributed by atoms with Gasteiger partial charge in [0.15, 0.2) is 0 Å². The van der Waals surface area contributed by atoms with Gasteiger partial charge >= 0.3 is 0 Å². The van der Waals surface area contributed by atoms with E-state index in [-0.39, 0.29) is 0 Å². The molecule has 0 amide bonds. The number of benzene rings is 2. The Kier molecular flexibility index (Phi) is 7.90. The van der Waals surface area contributed by atoms with Gasteiger partial charge in [0.2, 0.25) is 5.95 Å². The Morgan fingerprint density at radius 3 is 2.82 bits per heavy atom. The van der Waals surface area contributed by atoms with Crippen molar-refractivity contribution in [2.24, 2.45) is 0 Å². The number of likely N-dealkylation sites (N-methyl/N-ethyl adjacent to an activating group) is 2. The minimum Gasteiger partial charge on any atom is -0.397 e. The number of hydrogen-bond donors (Lipinski definition) is 5. The molecule has 0 fully saturated rings. The maximum atomic E-state index is 9.99. The third-order valence-corrected chi connectivity index (χ3v) is 7.57. The normalized spacial score (nSPS) is 13.5. The summed E-state index contributed by atoms with van der Waals surface area (Å²) < 4.78 is 2.36. The molecule has 5 rings (SSSR count). The van der Waals surface area contributed by atoms with Crippen molar-refractivity contribution in [3.63, 3.8) is 0 Å². The van der Waals surface area contributed by atoms with E-state index < -0.39 is 6.10 Å². The van der Waals surface area contributed by atoms with E-state index in [1.807, 2.05) is 40.3 Å². The van der Waals surface area contributed by atoms with Gasteiger partial charge in [-0.15, -0.1) is 0 Å². The summed E-state index contributed by atoms with van der Waals surface area (Å²) in [6.45, 7) is 4.53. The summed E-state index contributed by atoms with van der Waals surface area (Å²) in [5, 5.41) is 21.1. The molecule has 2 aromatic carbocycles. The minimum atomic E-state index is -0.392. The molecule has 39 heavy (non-hydrogen) atoms. The second-order valence-electron chi connectivity index (χ2n) is 10.5. The molecule has 2 aromatic heterocycles. The van der Waals surface area contributed by atoms with Crippen LogP contribution in [0.1, 0.15) is 30.9 Å². The first-order chi connectivity index (χ1) is 18.9. The molecule has 1 aliphatic rings. The molecule has 0 bridgehead atoms. The van der Waals surface area contributed by atoms with E-state index in [0.717, 1.165) is 66.4 Å². The predicted molar refractivity (Wildman–Crippen MR) is 162 cm³/mol. The molecular weight excluding hydrogens is 488 g/mol. The van der Waals surface area contributed by atoms with Crippen LogP contribution < -0.4 is 26.6 Å². The summed E-state index contributed by atoms with van der Waals surface area (Å²) in [7, 11) is 5.88. The molecule has 3 heterocycles. The van der Waals surface area contributed by atoms with Crippen molar-refractivity contribution in [1.29, 1.82) is 0 Å². The SMILES string of the molecule is CNCCN(C)c1cc(NC)c(Nc2ncc(CCC(C)O)c(-c3cn4c5c(cccc35)CCC4)n2)cc1N. The third kappa shape index (κ3) is 5.51. The van der Waals surface area contributed by atoms with Crippen LogP contribution in [0.4, 0.5) is 28.7 Å². The van der Waals surface area contributed by atoms with E-state index in [2.05, 4.69) is 60.9 Å². The minimum absolute atomic E-state index is 0.392. The number of para-hydroxylation sites is 1. The molecule has 6 N–H and O–H groups in total. The largest absolute Gasteiger partial charge is 0.397 e. The van der Waals surface area contributed by atoms with Crippen LogP contribution in [0.2, 0.25) is 0 Å². The lowest BCUT2D eigenvalue weighted by molar-refractivity contribution is 0.185. The molecule has 206 valence electrons. The van der Waals surface area contributed by atoms with Gasteiger partial charge in [-0.2, -0.15) is 0 Å². The van der Waals surface area contributed by atoms with Gasteiger partial charge in [-0.3, -0.25) is 0 Å². The van der Waals surface area contributed by atoms with Gasteiger partial charge in [0.05, 0.1) is 40.1 Å². The summed E-state index contributed by atoms with van der Waals surface area (Å²) in [5.41, 5.74) is 15.6. The quantitative estimate of drug-likeness (QED) is 0.182. The van der Waals surface area contributed by atoms with Crippen LogP contribution in [-0.4, -0.2) is 60.0 Å². The zero-order chi connectivity index (χ0) is 27.5. The van der Waals surface area contributed by atoms with E-state index in [9.17, 15) is 5.11 Å². The standard InChI is InChI=1S/C30H40N8O/c1-19(39)10-11-21-17-34-30(35-26-15-24(31)27(16-25(26)33-3)37(4)14-12-32-2)36-28(21)23-18-38-13-6-8-20-7-5-9-22(23)29(20)38/h5,7,9,15-19,32-33,39H,6,8,10-14,31H2,1-4H3,(H,34,35,36). The Morgan fingerprint density at radius 1 is 1.21 bits per heavy atom. The zero-order valence-electron chi connectivity index (χ0n) is 23.4. The Bertz CT molecular complexity index is 1460. The molecule has 9 heteroatoms. The van der Waals surface area contributed by atoms with E-state index in [1.54, 1.807) is 0 Å². The molecule has 0 radical (unpaired) electrons. The maximum Gasteiger partial charge on any atom is 0.227 e. The van der Waals surface area contributed by atoms with E-state index in [0.29, 0.717) is 24.5 Å². The molecule has 4 aromatic rings. The highest BCUT2D eigenvalue weighted by molar-refractivity contribution is 5.98. The molecule has 1 aliphatic heterocycles. The molecule has 1 unspecified atom stereocenters. The first-order valence-electron chi connectivity index (χ1n) is 13.8. The number of nitrogens with two attached hydrogens (primary N) is 1. The molecule has 0 aliphatic carbocycles. The molecular formula is C30H40N8O. The van der Waals surface area contributed by atoms with Crippen LogP contribution in [0, 0.1) is 0 Å². The van der Waals surface area contributed by atoms with Crippen LogP contribution in [0.25, 0.3) is 22.2 Å². The lowest BCUT2D eigenvalue weighted by Crippen LogP contribution is -2.27. The summed E-state index contributed by atoms with van der Waals surface area (Å²) in [6.07, 6.45) is 7.32. The number of nitrogen functional groups attached to an aromatic ring is 1. The number of aromatic nitrogens is 3. The Hall–Kier alpha value is -3.82. The van der Waals surface area contributed by atoms with Gasteiger partial charge in [0, 0.05) is 57.1 Å². The number of hydrogen-bond acceptors (Lipinski definition) is 8. The number of aliphatic hydroxyl groups excluding tert-OH is 1. The van der Waals surface area contributed by atoms with Gasteiger partial charge in [-0.1, -0.05) is 18.2 Å². The van der Waals surface area contributed by atoms with Crippen molar-refractivity contribution < 1.29 is 5.11 Å². The first-order valence-corrected chi connectivity index (χ1v) is 13.8. The third-order valence-electron chi connectivity index (χ3n) is 7.57. The Balaban J connectivity index is 1.54. The average Bonchev–Trinajstić information content (AvgIpc) is 3.31. The highest BCUT2D eigenvalue weighted by atomic mass is 16.3. The predicted octanol–water partition coefficient (Wildman–Crippen LogP) is 4.38. The smallest absolute Gasteiger partial charge is 0.227 e. The number of aryl methyl sites for hydroxylation is 3. The van der Waals surface area contributed by atoms with Crippen molar-refractivity contribution in [3.05, 3.63) is 53.9 Å². The Labute approximate surface area is 230 Å². The fourth-order valence-electron chi connectivity index (χ4n) is 5.46. The van der Waals surface area contributed by atoms with Crippen LogP contribution in [0.15, 0.2) is 42.7 Å². The van der Waals surface area contributed by atoms with Crippen molar-refractivity contribution >= 4 is 39.6 Å². The second kappa shape index (κ2) is 11.5. The van der Waals surface area contributed by atoms with Crippen LogP contribution >= 0.6 is 0 Å². The number of aliphatic hydroxyl groups is 1. The summed E-state index contributed by atoms with van der Waals surface area (Å²) in [6, 6.07) is 10.5. The number of nitrogens with one attached hydrogen (secondary N) is 3. The fourth-order valence-corrected chi connectivity index (χ4v) is 5.46. The monoisotopic (exact) mass is 528 g/mol. The average molecular weight is 529 g/mol. The molecule has 0 saturated carbocycles. The van der Waals surface area contributed by atoms with Gasteiger partial charge in [-0.05, 0) is 62.9 Å². The van der Waals surface area contributed by atoms with Crippen molar-refractivity contribution in [2.75, 3.05) is 55.5 Å². The molecule has 0 spiro atoms. The van der Waals surface area contributed by atoms with Gasteiger partial charge in [0.1, 0.15) is 0 Å². The summed E-state index contributed by atoms with van der Waals surface area (Å²) in [4.78, 5) is 11.9. The van der Waals surface area contributed by atoms with Crippen LogP contribution in [-0.2, 0) is 19.4 Å². The maximum absolute atomic E-state index is 9.99. The zero-order valence-corrected chi connectivity index (χ0v) is 23.4. The van der Waals surface area contributed by atoms with Crippen molar-refractivity contribution in [2.45, 2.75) is 45.3 Å². The Morgan fingerprint density at radius 2 is 2.05 bits per heavy atom. The van der Waals surface area contributed by atoms with Crippen molar-refractivity contribution in [1.82, 2.24) is 19.9 Å². The summed E-state index contributed by atoms with van der Waals surface area (Å²) >= 11 is 0.